The number of ether oxygens (including phenoxy) is 2. The normalized spacial score (nSPS) is 12.2. The lowest BCUT2D eigenvalue weighted by Gasteiger charge is -2.28. The summed E-state index contributed by atoms with van der Waals surface area (Å²) in [6.07, 6.45) is -0.381. The van der Waals surface area contributed by atoms with E-state index >= 15 is 0 Å². The zero-order valence-corrected chi connectivity index (χ0v) is 50.8. The summed E-state index contributed by atoms with van der Waals surface area (Å²) in [5, 5.41) is 34.1. The summed E-state index contributed by atoms with van der Waals surface area (Å²) in [4.78, 5) is 80.4. The molecule has 0 spiro atoms. The van der Waals surface area contributed by atoms with Crippen molar-refractivity contribution in [2.24, 2.45) is 0 Å². The van der Waals surface area contributed by atoms with Crippen molar-refractivity contribution >= 4 is 35.5 Å². The molecule has 0 aromatic heterocycles. The van der Waals surface area contributed by atoms with Gasteiger partial charge in [-0.15, -0.1) is 0 Å². The monoisotopic (exact) mass is 1240 g/mol. The molecule has 90 heavy (non-hydrogen) atoms. The van der Waals surface area contributed by atoms with Crippen LogP contribution in [0.15, 0.2) is 170 Å². The molecule has 7 aromatic rings. The van der Waals surface area contributed by atoms with Gasteiger partial charge >= 0.3 is 6.16 Å². The fraction of sp³-hybridized carbons (Fsp3) is 0.319. The number of nitro groups is 1. The van der Waals surface area contributed by atoms with E-state index in [0.717, 1.165) is 73.2 Å². The molecule has 17 nitrogen and oxygen atoms in total. The third kappa shape index (κ3) is 22.7. The van der Waals surface area contributed by atoms with Crippen LogP contribution in [0.3, 0.4) is 0 Å². The molecule has 4 amide bonds. The maximum atomic E-state index is 14.3. The first-order valence-corrected chi connectivity index (χ1v) is 30.0. The summed E-state index contributed by atoms with van der Waals surface area (Å²) in [7, 11) is 0. The van der Waals surface area contributed by atoms with Crippen molar-refractivity contribution in [3.63, 3.8) is 0 Å². The Bertz CT molecular complexity index is 3410. The van der Waals surface area contributed by atoms with Gasteiger partial charge in [0.1, 0.15) is 35.1 Å². The van der Waals surface area contributed by atoms with Crippen molar-refractivity contribution < 1.29 is 61.0 Å². The number of aliphatic hydroxyl groups excluding tert-OH is 1. The summed E-state index contributed by atoms with van der Waals surface area (Å²) in [5.41, 5.74) is 3.34. The molecular formula is C69H77F4N7O10. The molecule has 4 unspecified atom stereocenters. The number of hydrogen-bond acceptors (Lipinski definition) is 12. The molecule has 0 heterocycles. The largest absolute Gasteiger partial charge is 0.514 e. The molecule has 0 aliphatic rings. The molecule has 7 aromatic carbocycles. The van der Waals surface area contributed by atoms with Crippen LogP contribution in [-0.4, -0.2) is 113 Å². The van der Waals surface area contributed by atoms with Gasteiger partial charge in [-0.2, -0.15) is 0 Å². The molecule has 4 atom stereocenters. The molecule has 0 aliphatic heterocycles. The Morgan fingerprint density at radius 2 is 0.900 bits per heavy atom. The fourth-order valence-corrected chi connectivity index (χ4v) is 9.89. The SMILES string of the molecule is CCCN(CCC)C(=O)c1cccc(C(=O)NC(Cc2cc(F)cc(F)c2)C(CNCc2ccccc2)OC(=O)Oc2ccc([N+](=O)[O-])cc2)c1.CCCN(CCC)C(=O)c1cccc(C(=O)NC(Cc2cc(F)cc(F)c2)C(O)CNCc2ccccc2)c1. The number of nitrogens with zero attached hydrogens (tertiary/aromatic N) is 3. The van der Waals surface area contributed by atoms with Crippen molar-refractivity contribution in [3.8, 4) is 5.75 Å². The van der Waals surface area contributed by atoms with Crippen molar-refractivity contribution in [2.45, 2.75) is 104 Å². The van der Waals surface area contributed by atoms with E-state index in [4.69, 9.17) is 9.47 Å². The Balaban J connectivity index is 0.000000297. The molecule has 5 N–H and O–H groups in total. The van der Waals surface area contributed by atoms with E-state index in [-0.39, 0.29) is 65.9 Å². The minimum absolute atomic E-state index is 0.00794. The second-order valence-electron chi connectivity index (χ2n) is 21.4. The summed E-state index contributed by atoms with van der Waals surface area (Å²) < 4.78 is 67.3. The highest BCUT2D eigenvalue weighted by molar-refractivity contribution is 6.00. The molecule has 0 aliphatic carbocycles. The number of non-ortho nitro benzene ring substituents is 1. The lowest BCUT2D eigenvalue weighted by Crippen LogP contribution is -2.51. The third-order valence-electron chi connectivity index (χ3n) is 14.1. The first-order valence-electron chi connectivity index (χ1n) is 30.0. The lowest BCUT2D eigenvalue weighted by molar-refractivity contribution is -0.384. The molecule has 476 valence electrons. The molecule has 0 saturated heterocycles. The van der Waals surface area contributed by atoms with E-state index in [1.165, 1.54) is 42.5 Å². The predicted octanol–water partition coefficient (Wildman–Crippen LogP) is 11.6. The number of rotatable bonds is 31. The number of nitrogens with one attached hydrogen (secondary N) is 4. The quantitative estimate of drug-likeness (QED) is 0.00900. The zero-order valence-electron chi connectivity index (χ0n) is 50.8. The van der Waals surface area contributed by atoms with Crippen LogP contribution in [0.2, 0.25) is 0 Å². The number of nitro benzene ring substituents is 1. The van der Waals surface area contributed by atoms with E-state index in [1.807, 2.05) is 88.4 Å². The van der Waals surface area contributed by atoms with Crippen LogP contribution in [0.4, 0.5) is 28.0 Å². The van der Waals surface area contributed by atoms with Crippen molar-refractivity contribution in [1.29, 1.82) is 0 Å². The standard InChI is InChI=1S/C38H40F2N4O7.C31H37F2N3O3/c1-3-17-43(18-4-2)37(46)29-12-8-11-28(22-29)36(45)42-34(21-27-19-30(39)23-31(40)20-27)35(25-41-24-26-9-6-5-7-10-26)51-38(47)50-33-15-13-32(14-16-33)44(48)49;1-3-13-36(14-4-2)31(39)25-12-8-11-24(18-25)30(38)35-28(17-23-15-26(32)19-27(33)16-23)29(37)21-34-20-22-9-6-5-7-10-22/h5-16,19-20,22-23,34-35,41H,3-4,17-18,21,24-25H2,1-2H3,(H,42,45);5-12,15-16,18-19,28-29,34,37H,3-4,13-14,17,20-21H2,1-2H3,(H,35,38). The Kier molecular flexibility index (Phi) is 28.1. The molecule has 0 bridgehead atoms. The van der Waals surface area contributed by atoms with Gasteiger partial charge < -0.3 is 45.6 Å². The zero-order chi connectivity index (χ0) is 65.0. The first-order chi connectivity index (χ1) is 43.4. The van der Waals surface area contributed by atoms with Gasteiger partial charge in [0.15, 0.2) is 0 Å². The van der Waals surface area contributed by atoms with Gasteiger partial charge in [0.2, 0.25) is 0 Å². The van der Waals surface area contributed by atoms with Gasteiger partial charge in [-0.25, -0.2) is 22.4 Å². The molecule has 0 saturated carbocycles. The maximum Gasteiger partial charge on any atom is 0.514 e. The average molecular weight is 1240 g/mol. The van der Waals surface area contributed by atoms with Crippen LogP contribution in [0.1, 0.15) is 117 Å². The van der Waals surface area contributed by atoms with Crippen molar-refractivity contribution in [3.05, 3.63) is 248 Å². The maximum absolute atomic E-state index is 14.3. The van der Waals surface area contributed by atoms with Crippen LogP contribution >= 0.6 is 0 Å². The highest BCUT2D eigenvalue weighted by Crippen LogP contribution is 2.21. The average Bonchev–Trinajstić information content (AvgIpc) is 2.32. The number of aliphatic hydroxyl groups is 1. The molecule has 7 rings (SSSR count). The minimum Gasteiger partial charge on any atom is -0.427 e. The highest BCUT2D eigenvalue weighted by Gasteiger charge is 2.30. The molecule has 0 radical (unpaired) electrons. The van der Waals surface area contributed by atoms with Crippen molar-refractivity contribution in [1.82, 2.24) is 31.1 Å². The second kappa shape index (κ2) is 36.2. The Morgan fingerprint density at radius 3 is 1.32 bits per heavy atom. The molecular weight excluding hydrogens is 1160 g/mol. The third-order valence-corrected chi connectivity index (χ3v) is 14.1. The number of carbonyl (C=O) groups is 5. The molecule has 21 heteroatoms. The Labute approximate surface area is 521 Å². The van der Waals surface area contributed by atoms with Crippen LogP contribution in [0.25, 0.3) is 0 Å². The Hall–Kier alpha value is -9.31. The summed E-state index contributed by atoms with van der Waals surface area (Å²) in [5.74, 6) is -4.65. The highest BCUT2D eigenvalue weighted by atomic mass is 19.1. The van der Waals surface area contributed by atoms with E-state index in [9.17, 15) is 56.8 Å². The first kappa shape index (κ1) is 69.8. The number of benzene rings is 7. The number of amides is 4. The van der Waals surface area contributed by atoms with Gasteiger partial charge in [0.05, 0.1) is 23.1 Å². The van der Waals surface area contributed by atoms with E-state index in [1.54, 1.807) is 40.1 Å². The van der Waals surface area contributed by atoms with E-state index in [0.29, 0.717) is 56.0 Å². The lowest BCUT2D eigenvalue weighted by atomic mass is 9.99. The molecule has 0 fully saturated rings. The van der Waals surface area contributed by atoms with Gasteiger partial charge in [-0.1, -0.05) is 100 Å². The number of halogens is 4. The van der Waals surface area contributed by atoms with E-state index in [2.05, 4.69) is 21.3 Å². The fourth-order valence-electron chi connectivity index (χ4n) is 9.89. The smallest absolute Gasteiger partial charge is 0.427 e. The van der Waals surface area contributed by atoms with Crippen LogP contribution in [0, 0.1) is 33.4 Å². The summed E-state index contributed by atoms with van der Waals surface area (Å²) in [6.45, 7) is 11.3. The van der Waals surface area contributed by atoms with E-state index < -0.39 is 70.5 Å². The van der Waals surface area contributed by atoms with Gasteiger partial charge in [-0.05, 0) is 134 Å². The van der Waals surface area contributed by atoms with Gasteiger partial charge in [-0.3, -0.25) is 29.3 Å². The number of carbonyl (C=O) groups excluding carboxylic acids is 5. The Morgan fingerprint density at radius 1 is 0.500 bits per heavy atom. The summed E-state index contributed by atoms with van der Waals surface area (Å²) in [6, 6.07) is 40.6. The van der Waals surface area contributed by atoms with Crippen LogP contribution in [0.5, 0.6) is 5.75 Å². The topological polar surface area (TPSA) is 222 Å². The van der Waals surface area contributed by atoms with Gasteiger partial charge in [0.25, 0.3) is 29.3 Å². The van der Waals surface area contributed by atoms with Gasteiger partial charge in [0, 0.05) is 98.9 Å². The van der Waals surface area contributed by atoms with Crippen molar-refractivity contribution in [2.75, 3.05) is 39.3 Å². The van der Waals surface area contributed by atoms with Crippen LogP contribution in [-0.2, 0) is 30.7 Å². The summed E-state index contributed by atoms with van der Waals surface area (Å²) >= 11 is 0. The van der Waals surface area contributed by atoms with Crippen LogP contribution < -0.4 is 26.0 Å². The number of hydrogen-bond donors (Lipinski definition) is 5. The predicted molar refractivity (Wildman–Crippen MR) is 335 cm³/mol. The second-order valence-corrected chi connectivity index (χ2v) is 21.4. The minimum atomic E-state index is -1.18.